The Labute approximate surface area is 125 Å². The maximum Gasteiger partial charge on any atom is 0.269 e. The molecule has 110 valence electrons. The van der Waals surface area contributed by atoms with Gasteiger partial charge in [0, 0.05) is 12.1 Å². The summed E-state index contributed by atoms with van der Waals surface area (Å²) in [6.07, 6.45) is 0. The van der Waals surface area contributed by atoms with Crippen LogP contribution in [0.3, 0.4) is 0 Å². The lowest BCUT2D eigenvalue weighted by Crippen LogP contribution is -2.13. The van der Waals surface area contributed by atoms with Crippen LogP contribution in [0.15, 0.2) is 24.3 Å². The van der Waals surface area contributed by atoms with Gasteiger partial charge in [0.15, 0.2) is 0 Å². The average Bonchev–Trinajstić information content (AvgIpc) is 2.75. The van der Waals surface area contributed by atoms with Crippen molar-refractivity contribution in [1.29, 1.82) is 0 Å². The molecular formula is C13H13ClN4O3. The molecule has 0 unspecified atom stereocenters. The zero-order chi connectivity index (χ0) is 15.6. The van der Waals surface area contributed by atoms with Crippen molar-refractivity contribution in [2.24, 2.45) is 0 Å². The molecule has 0 radical (unpaired) electrons. The van der Waals surface area contributed by atoms with Crippen molar-refractivity contribution in [1.82, 2.24) is 9.78 Å². The minimum absolute atomic E-state index is 0.0101. The normalized spacial score (nSPS) is 10.4. The summed E-state index contributed by atoms with van der Waals surface area (Å²) in [5, 5.41) is 17.7. The quantitative estimate of drug-likeness (QED) is 0.534. The number of hydrogen-bond donors (Lipinski definition) is 1. The van der Waals surface area contributed by atoms with Crippen LogP contribution >= 0.6 is 11.6 Å². The lowest BCUT2D eigenvalue weighted by atomic mass is 10.2. The number of nitrogens with one attached hydrogen (secondary N) is 1. The van der Waals surface area contributed by atoms with Crippen molar-refractivity contribution in [2.75, 3.05) is 11.2 Å². The van der Waals surface area contributed by atoms with Crippen molar-refractivity contribution < 1.29 is 9.72 Å². The molecule has 7 nitrogen and oxygen atoms in total. The maximum absolute atomic E-state index is 11.4. The van der Waals surface area contributed by atoms with Crippen molar-refractivity contribution in [3.05, 3.63) is 45.8 Å². The fourth-order valence-corrected chi connectivity index (χ4v) is 2.03. The molecule has 0 aliphatic heterocycles. The van der Waals surface area contributed by atoms with Gasteiger partial charge >= 0.3 is 0 Å². The van der Waals surface area contributed by atoms with E-state index in [1.807, 2.05) is 0 Å². The first-order valence-corrected chi connectivity index (χ1v) is 6.64. The molecule has 1 aromatic carbocycles. The van der Waals surface area contributed by atoms with E-state index in [1.54, 1.807) is 30.7 Å². The molecule has 1 N–H and O–H groups in total. The Morgan fingerprint density at radius 2 is 2.00 bits per heavy atom. The van der Waals surface area contributed by atoms with E-state index in [-0.39, 0.29) is 17.5 Å². The molecule has 2 aromatic rings. The summed E-state index contributed by atoms with van der Waals surface area (Å²) < 4.78 is 1.61. The monoisotopic (exact) mass is 308 g/mol. The second-order valence-corrected chi connectivity index (χ2v) is 4.68. The SMILES string of the molecule is Cc1nn(-c2ccc([N+](=O)[O-])cc2)c(C)c1NC(=O)CCl. The predicted octanol–water partition coefficient (Wildman–Crippen LogP) is 2.57. The number of aromatic nitrogens is 2. The van der Waals surface area contributed by atoms with Crippen LogP contribution in [0.1, 0.15) is 11.4 Å². The van der Waals surface area contributed by atoms with E-state index in [4.69, 9.17) is 11.6 Å². The molecule has 21 heavy (non-hydrogen) atoms. The van der Waals surface area contributed by atoms with Crippen LogP contribution in [0.5, 0.6) is 0 Å². The maximum atomic E-state index is 11.4. The van der Waals surface area contributed by atoms with Crippen LogP contribution in [0.25, 0.3) is 5.69 Å². The Bertz CT molecular complexity index is 694. The number of rotatable bonds is 4. The molecular weight excluding hydrogens is 296 g/mol. The van der Waals surface area contributed by atoms with E-state index in [0.717, 1.165) is 5.69 Å². The van der Waals surface area contributed by atoms with Crippen molar-refractivity contribution in [3.63, 3.8) is 0 Å². The summed E-state index contributed by atoms with van der Waals surface area (Å²) in [6, 6.07) is 6.01. The van der Waals surface area contributed by atoms with Gasteiger partial charge in [0.1, 0.15) is 5.88 Å². The van der Waals surface area contributed by atoms with Gasteiger partial charge in [-0.1, -0.05) is 0 Å². The van der Waals surface area contributed by atoms with Gasteiger partial charge in [0.25, 0.3) is 5.69 Å². The number of anilines is 1. The highest BCUT2D eigenvalue weighted by Gasteiger charge is 2.15. The first kappa shape index (κ1) is 15.0. The molecule has 8 heteroatoms. The highest BCUT2D eigenvalue weighted by atomic mass is 35.5. The first-order chi connectivity index (χ1) is 9.93. The van der Waals surface area contributed by atoms with E-state index in [2.05, 4.69) is 10.4 Å². The molecule has 0 saturated carbocycles. The van der Waals surface area contributed by atoms with Crippen LogP contribution < -0.4 is 5.32 Å². The molecule has 0 aliphatic rings. The third-order valence-electron chi connectivity index (χ3n) is 2.98. The van der Waals surface area contributed by atoms with E-state index >= 15 is 0 Å². The van der Waals surface area contributed by atoms with Gasteiger partial charge in [-0.15, -0.1) is 11.6 Å². The lowest BCUT2D eigenvalue weighted by molar-refractivity contribution is -0.384. The van der Waals surface area contributed by atoms with Crippen molar-refractivity contribution in [2.45, 2.75) is 13.8 Å². The lowest BCUT2D eigenvalue weighted by Gasteiger charge is -2.06. The molecule has 1 heterocycles. The molecule has 0 spiro atoms. The Hall–Kier alpha value is -2.41. The summed E-state index contributed by atoms with van der Waals surface area (Å²) in [7, 11) is 0. The number of nitro benzene ring substituents is 1. The summed E-state index contributed by atoms with van der Waals surface area (Å²) in [6.45, 7) is 3.56. The molecule has 0 atom stereocenters. The fourth-order valence-electron chi connectivity index (χ4n) is 1.96. The van der Waals surface area contributed by atoms with E-state index in [9.17, 15) is 14.9 Å². The zero-order valence-corrected chi connectivity index (χ0v) is 12.2. The van der Waals surface area contributed by atoms with Gasteiger partial charge in [0.2, 0.25) is 5.91 Å². The van der Waals surface area contributed by atoms with Gasteiger partial charge < -0.3 is 5.32 Å². The van der Waals surface area contributed by atoms with Gasteiger partial charge in [-0.05, 0) is 26.0 Å². The second kappa shape index (κ2) is 5.92. The minimum atomic E-state index is -0.461. The van der Waals surface area contributed by atoms with Gasteiger partial charge in [-0.25, -0.2) is 4.68 Å². The number of halogens is 1. The number of aryl methyl sites for hydroxylation is 1. The number of hydrogen-bond acceptors (Lipinski definition) is 4. The zero-order valence-electron chi connectivity index (χ0n) is 11.5. The molecule has 0 aliphatic carbocycles. The van der Waals surface area contributed by atoms with Crippen LogP contribution in [0.4, 0.5) is 11.4 Å². The second-order valence-electron chi connectivity index (χ2n) is 4.41. The van der Waals surface area contributed by atoms with E-state index < -0.39 is 4.92 Å². The number of carbonyl (C=O) groups excluding carboxylic acids is 1. The summed E-state index contributed by atoms with van der Waals surface area (Å²) in [5.41, 5.74) is 2.65. The van der Waals surface area contributed by atoms with E-state index in [1.165, 1.54) is 12.1 Å². The summed E-state index contributed by atoms with van der Waals surface area (Å²) in [5.74, 6) is -0.451. The number of non-ortho nitro benzene ring substituents is 1. The number of carbonyl (C=O) groups is 1. The third-order valence-corrected chi connectivity index (χ3v) is 3.22. The topological polar surface area (TPSA) is 90.1 Å². The highest BCUT2D eigenvalue weighted by molar-refractivity contribution is 6.29. The van der Waals surface area contributed by atoms with E-state index in [0.29, 0.717) is 17.1 Å². The number of nitrogens with zero attached hydrogens (tertiary/aromatic N) is 3. The standard InChI is InChI=1S/C13H13ClN4O3/c1-8-13(15-12(19)7-14)9(2)17(16-8)10-3-5-11(6-4-10)18(20)21/h3-6H,7H2,1-2H3,(H,15,19). The smallest absolute Gasteiger partial charge is 0.269 e. The average molecular weight is 309 g/mol. The van der Waals surface area contributed by atoms with Gasteiger partial charge in [-0.3, -0.25) is 14.9 Å². The van der Waals surface area contributed by atoms with Crippen LogP contribution in [0.2, 0.25) is 0 Å². The van der Waals surface area contributed by atoms with Crippen LogP contribution in [0, 0.1) is 24.0 Å². The van der Waals surface area contributed by atoms with Gasteiger partial charge in [0.05, 0.1) is 27.7 Å². The van der Waals surface area contributed by atoms with Gasteiger partial charge in [-0.2, -0.15) is 5.10 Å². The van der Waals surface area contributed by atoms with Crippen LogP contribution in [-0.2, 0) is 4.79 Å². The molecule has 0 fully saturated rings. The molecule has 0 bridgehead atoms. The third kappa shape index (κ3) is 3.03. The minimum Gasteiger partial charge on any atom is -0.322 e. The fraction of sp³-hybridized carbons (Fsp3) is 0.231. The van der Waals surface area contributed by atoms with Crippen molar-refractivity contribution in [3.8, 4) is 5.69 Å². The Morgan fingerprint density at radius 1 is 1.38 bits per heavy atom. The predicted molar refractivity (Wildman–Crippen MR) is 79.0 cm³/mol. The molecule has 1 amide bonds. The molecule has 0 saturated heterocycles. The summed E-state index contributed by atoms with van der Waals surface area (Å²) >= 11 is 5.47. The number of alkyl halides is 1. The largest absolute Gasteiger partial charge is 0.322 e. The first-order valence-electron chi connectivity index (χ1n) is 6.11. The highest BCUT2D eigenvalue weighted by Crippen LogP contribution is 2.24. The summed E-state index contributed by atoms with van der Waals surface area (Å²) in [4.78, 5) is 21.6. The number of benzene rings is 1. The Balaban J connectivity index is 2.38. The van der Waals surface area contributed by atoms with Crippen LogP contribution in [-0.4, -0.2) is 26.5 Å². The number of nitro groups is 1. The molecule has 1 aromatic heterocycles. The number of amides is 1. The Morgan fingerprint density at radius 3 is 2.52 bits per heavy atom. The van der Waals surface area contributed by atoms with Crippen molar-refractivity contribution >= 4 is 28.9 Å². The molecule has 2 rings (SSSR count). The Kier molecular flexibility index (Phi) is 4.23.